The van der Waals surface area contributed by atoms with Crippen molar-refractivity contribution in [3.05, 3.63) is 28.9 Å². The molecule has 2 rings (SSSR count). The Morgan fingerprint density at radius 1 is 1.42 bits per heavy atom. The molecule has 62 valence electrons. The third-order valence-electron chi connectivity index (χ3n) is 1.84. The molecule has 0 atom stereocenters. The molecule has 1 heterocycles. The summed E-state index contributed by atoms with van der Waals surface area (Å²) in [6, 6.07) is 5.93. The topological polar surface area (TPSA) is 25.0 Å². The molecule has 12 heavy (non-hydrogen) atoms. The number of halogens is 1. The third kappa shape index (κ3) is 1.10. The van der Waals surface area contributed by atoms with Crippen LogP contribution in [0.1, 0.15) is 0 Å². The van der Waals surface area contributed by atoms with Crippen molar-refractivity contribution in [3.8, 4) is 5.75 Å². The van der Waals surface area contributed by atoms with Gasteiger partial charge in [0.2, 0.25) is 0 Å². The molecule has 0 unspecified atom stereocenters. The highest BCUT2D eigenvalue weighted by atomic mass is 79.9. The number of benzene rings is 1. The highest BCUT2D eigenvalue weighted by Crippen LogP contribution is 2.26. The minimum Gasteiger partial charge on any atom is -0.497 e. The van der Waals surface area contributed by atoms with Crippen LogP contribution in [0.3, 0.4) is 0 Å². The first-order valence-corrected chi connectivity index (χ1v) is 4.41. The average molecular weight is 226 g/mol. The molecular formula is C9H8BrNO. The first kappa shape index (κ1) is 7.68. The van der Waals surface area contributed by atoms with Crippen molar-refractivity contribution in [1.82, 2.24) is 4.98 Å². The summed E-state index contributed by atoms with van der Waals surface area (Å²) in [4.78, 5) is 3.14. The number of H-pyrrole nitrogens is 1. The largest absolute Gasteiger partial charge is 0.497 e. The van der Waals surface area contributed by atoms with Crippen LogP contribution in [0.25, 0.3) is 10.9 Å². The first-order chi connectivity index (χ1) is 5.81. The molecule has 0 spiro atoms. The lowest BCUT2D eigenvalue weighted by molar-refractivity contribution is 0.415. The van der Waals surface area contributed by atoms with Crippen LogP contribution in [0.15, 0.2) is 28.9 Å². The Morgan fingerprint density at radius 2 is 2.25 bits per heavy atom. The monoisotopic (exact) mass is 225 g/mol. The fourth-order valence-corrected chi connectivity index (χ4v) is 1.64. The van der Waals surface area contributed by atoms with E-state index in [4.69, 9.17) is 4.74 Å². The van der Waals surface area contributed by atoms with Gasteiger partial charge in [0, 0.05) is 21.6 Å². The minimum atomic E-state index is 0.878. The van der Waals surface area contributed by atoms with Crippen molar-refractivity contribution in [1.29, 1.82) is 0 Å². The molecule has 0 fully saturated rings. The van der Waals surface area contributed by atoms with Gasteiger partial charge in [-0.15, -0.1) is 0 Å². The van der Waals surface area contributed by atoms with Gasteiger partial charge in [-0.2, -0.15) is 0 Å². The SMILES string of the molecule is COc1ccc2[nH]cc(Br)c2c1. The quantitative estimate of drug-likeness (QED) is 0.794. The molecule has 2 aromatic rings. The smallest absolute Gasteiger partial charge is 0.119 e. The molecule has 0 saturated carbocycles. The van der Waals surface area contributed by atoms with Crippen LogP contribution < -0.4 is 4.74 Å². The molecular weight excluding hydrogens is 218 g/mol. The number of nitrogens with one attached hydrogen (secondary N) is 1. The van der Waals surface area contributed by atoms with Crippen LogP contribution in [0, 0.1) is 0 Å². The zero-order chi connectivity index (χ0) is 8.55. The maximum atomic E-state index is 5.11. The first-order valence-electron chi connectivity index (χ1n) is 3.62. The van der Waals surface area contributed by atoms with Crippen LogP contribution in [-0.4, -0.2) is 12.1 Å². The lowest BCUT2D eigenvalue weighted by Crippen LogP contribution is -1.80. The van der Waals surface area contributed by atoms with Gasteiger partial charge >= 0.3 is 0 Å². The van der Waals surface area contributed by atoms with Gasteiger partial charge in [-0.1, -0.05) is 0 Å². The standard InChI is InChI=1S/C9H8BrNO/c1-12-6-2-3-9-7(4-6)8(10)5-11-9/h2-5,11H,1H3. The molecule has 1 N–H and O–H groups in total. The second-order valence-electron chi connectivity index (χ2n) is 2.55. The Balaban J connectivity index is 2.71. The Hall–Kier alpha value is -0.960. The van der Waals surface area contributed by atoms with Gasteiger partial charge in [0.05, 0.1) is 7.11 Å². The highest BCUT2D eigenvalue weighted by molar-refractivity contribution is 9.10. The van der Waals surface area contributed by atoms with Crippen molar-refractivity contribution >= 4 is 26.8 Å². The number of ether oxygens (including phenoxy) is 1. The van der Waals surface area contributed by atoms with Gasteiger partial charge in [0.25, 0.3) is 0 Å². The zero-order valence-corrected chi connectivity index (χ0v) is 8.18. The minimum absolute atomic E-state index is 0.878. The van der Waals surface area contributed by atoms with Crippen LogP contribution >= 0.6 is 15.9 Å². The van der Waals surface area contributed by atoms with E-state index in [-0.39, 0.29) is 0 Å². The lowest BCUT2D eigenvalue weighted by Gasteiger charge is -1.98. The summed E-state index contributed by atoms with van der Waals surface area (Å²) in [7, 11) is 1.67. The third-order valence-corrected chi connectivity index (χ3v) is 2.49. The summed E-state index contributed by atoms with van der Waals surface area (Å²) < 4.78 is 6.18. The predicted octanol–water partition coefficient (Wildman–Crippen LogP) is 2.94. The number of hydrogen-bond donors (Lipinski definition) is 1. The van der Waals surface area contributed by atoms with Crippen LogP contribution in [0.2, 0.25) is 0 Å². The van der Waals surface area contributed by atoms with E-state index in [0.29, 0.717) is 0 Å². The van der Waals surface area contributed by atoms with Gasteiger partial charge in [0.1, 0.15) is 5.75 Å². The molecule has 3 heteroatoms. The number of aromatic amines is 1. The maximum absolute atomic E-state index is 5.11. The fourth-order valence-electron chi connectivity index (χ4n) is 1.19. The highest BCUT2D eigenvalue weighted by Gasteiger charge is 2.00. The maximum Gasteiger partial charge on any atom is 0.119 e. The normalized spacial score (nSPS) is 10.5. The van der Waals surface area contributed by atoms with Crippen molar-refractivity contribution < 1.29 is 4.74 Å². The summed E-state index contributed by atoms with van der Waals surface area (Å²) in [5.74, 6) is 0.878. The summed E-state index contributed by atoms with van der Waals surface area (Å²) >= 11 is 3.44. The van der Waals surface area contributed by atoms with Crippen molar-refractivity contribution in [2.45, 2.75) is 0 Å². The van der Waals surface area contributed by atoms with Crippen molar-refractivity contribution in [2.75, 3.05) is 7.11 Å². The molecule has 0 amide bonds. The molecule has 0 saturated heterocycles. The molecule has 0 aliphatic heterocycles. The average Bonchev–Trinajstić information content (AvgIpc) is 2.47. The Morgan fingerprint density at radius 3 is 3.00 bits per heavy atom. The zero-order valence-electron chi connectivity index (χ0n) is 6.60. The Bertz CT molecular complexity index is 408. The van der Waals surface area contributed by atoms with Gasteiger partial charge < -0.3 is 9.72 Å². The number of aromatic nitrogens is 1. The fraction of sp³-hybridized carbons (Fsp3) is 0.111. The van der Waals surface area contributed by atoms with Crippen LogP contribution in [0.5, 0.6) is 5.75 Å². The molecule has 1 aromatic carbocycles. The molecule has 0 bridgehead atoms. The van der Waals surface area contributed by atoms with Gasteiger partial charge in [-0.25, -0.2) is 0 Å². The van der Waals surface area contributed by atoms with E-state index in [0.717, 1.165) is 21.1 Å². The van der Waals surface area contributed by atoms with Crippen molar-refractivity contribution in [2.24, 2.45) is 0 Å². The second-order valence-corrected chi connectivity index (χ2v) is 3.40. The summed E-state index contributed by atoms with van der Waals surface area (Å²) in [5, 5.41) is 1.15. The number of hydrogen-bond acceptors (Lipinski definition) is 1. The molecule has 0 aliphatic carbocycles. The van der Waals surface area contributed by atoms with Crippen LogP contribution in [-0.2, 0) is 0 Å². The number of methoxy groups -OCH3 is 1. The number of fused-ring (bicyclic) bond motifs is 1. The van der Waals surface area contributed by atoms with Gasteiger partial charge in [-0.3, -0.25) is 0 Å². The lowest BCUT2D eigenvalue weighted by atomic mass is 10.2. The van der Waals surface area contributed by atoms with E-state index in [1.165, 1.54) is 0 Å². The van der Waals surface area contributed by atoms with Crippen LogP contribution in [0.4, 0.5) is 0 Å². The predicted molar refractivity (Wildman–Crippen MR) is 52.6 cm³/mol. The van der Waals surface area contributed by atoms with Crippen molar-refractivity contribution in [3.63, 3.8) is 0 Å². The number of rotatable bonds is 1. The van der Waals surface area contributed by atoms with E-state index < -0.39 is 0 Å². The van der Waals surface area contributed by atoms with E-state index in [1.54, 1.807) is 7.11 Å². The molecule has 0 aliphatic rings. The van der Waals surface area contributed by atoms with E-state index in [1.807, 2.05) is 24.4 Å². The second kappa shape index (κ2) is 2.83. The molecule has 1 aromatic heterocycles. The summed E-state index contributed by atoms with van der Waals surface area (Å²) in [6.07, 6.45) is 1.92. The van der Waals surface area contributed by atoms with E-state index in [2.05, 4.69) is 20.9 Å². The van der Waals surface area contributed by atoms with Gasteiger partial charge in [0.15, 0.2) is 0 Å². The van der Waals surface area contributed by atoms with Gasteiger partial charge in [-0.05, 0) is 34.1 Å². The van der Waals surface area contributed by atoms with E-state index >= 15 is 0 Å². The Labute approximate surface area is 78.7 Å². The molecule has 0 radical (unpaired) electrons. The Kier molecular flexibility index (Phi) is 1.81. The molecule has 2 nitrogen and oxygen atoms in total. The van der Waals surface area contributed by atoms with E-state index in [9.17, 15) is 0 Å². The summed E-state index contributed by atoms with van der Waals surface area (Å²) in [6.45, 7) is 0. The summed E-state index contributed by atoms with van der Waals surface area (Å²) in [5.41, 5.74) is 1.11.